The van der Waals surface area contributed by atoms with E-state index >= 15 is 0 Å². The summed E-state index contributed by atoms with van der Waals surface area (Å²) in [6.45, 7) is 2.13. The molecule has 0 aliphatic heterocycles. The molecule has 0 bridgehead atoms. The highest BCUT2D eigenvalue weighted by Crippen LogP contribution is 2.16. The molecule has 0 saturated heterocycles. The third-order valence-corrected chi connectivity index (χ3v) is 3.21. The Morgan fingerprint density at radius 2 is 2.19 bits per heavy atom. The summed E-state index contributed by atoms with van der Waals surface area (Å²) in [5, 5.41) is 0.767. The zero-order valence-electron chi connectivity index (χ0n) is 9.22. The number of fused-ring (bicyclic) bond motifs is 1. The molecule has 1 N–H and O–H groups in total. The number of rotatable bonds is 3. The normalized spacial score (nSPS) is 10.9. The molecule has 0 spiro atoms. The molecule has 0 radical (unpaired) electrons. The van der Waals surface area contributed by atoms with Gasteiger partial charge in [-0.2, -0.15) is 0 Å². The van der Waals surface area contributed by atoms with Crippen molar-refractivity contribution < 1.29 is 0 Å². The smallest absolute Gasteiger partial charge is 0.192 e. The van der Waals surface area contributed by atoms with E-state index in [0.717, 1.165) is 40.2 Å². The lowest BCUT2D eigenvalue weighted by Gasteiger charge is -2.03. The van der Waals surface area contributed by atoms with Crippen LogP contribution in [0.2, 0.25) is 0 Å². The maximum absolute atomic E-state index is 12.1. The van der Waals surface area contributed by atoms with Crippen LogP contribution in [-0.2, 0) is 6.42 Å². The first-order valence-electron chi connectivity index (χ1n) is 5.52. The molecule has 0 aliphatic carbocycles. The van der Waals surface area contributed by atoms with E-state index in [4.69, 9.17) is 0 Å². The number of H-pyrrole nitrogens is 1. The Morgan fingerprint density at radius 3 is 2.94 bits per heavy atom. The SMILES string of the molecule is CCCCc1c[nH]c2ccc(Br)cc2c1=O. The van der Waals surface area contributed by atoms with Gasteiger partial charge in [-0.1, -0.05) is 29.3 Å². The third-order valence-electron chi connectivity index (χ3n) is 2.72. The summed E-state index contributed by atoms with van der Waals surface area (Å²) in [6, 6.07) is 5.73. The van der Waals surface area contributed by atoms with Gasteiger partial charge in [-0.15, -0.1) is 0 Å². The number of aromatic nitrogens is 1. The van der Waals surface area contributed by atoms with E-state index in [1.807, 2.05) is 24.4 Å². The molecule has 2 nitrogen and oxygen atoms in total. The number of halogens is 1. The summed E-state index contributed by atoms with van der Waals surface area (Å²) in [7, 11) is 0. The number of pyridine rings is 1. The summed E-state index contributed by atoms with van der Waals surface area (Å²) >= 11 is 3.39. The van der Waals surface area contributed by atoms with Gasteiger partial charge in [0.15, 0.2) is 5.43 Å². The van der Waals surface area contributed by atoms with Gasteiger partial charge in [0.2, 0.25) is 0 Å². The van der Waals surface area contributed by atoms with Crippen LogP contribution in [0.25, 0.3) is 10.9 Å². The van der Waals surface area contributed by atoms with Crippen molar-refractivity contribution in [1.82, 2.24) is 4.98 Å². The summed E-state index contributed by atoms with van der Waals surface area (Å²) in [6.07, 6.45) is 4.86. The summed E-state index contributed by atoms with van der Waals surface area (Å²) in [5.41, 5.74) is 1.93. The summed E-state index contributed by atoms with van der Waals surface area (Å²) in [5.74, 6) is 0. The second kappa shape index (κ2) is 4.83. The number of nitrogens with one attached hydrogen (secondary N) is 1. The zero-order valence-corrected chi connectivity index (χ0v) is 10.8. The van der Waals surface area contributed by atoms with Crippen molar-refractivity contribution in [2.24, 2.45) is 0 Å². The first kappa shape index (κ1) is 11.4. The minimum Gasteiger partial charge on any atom is -0.361 e. The minimum atomic E-state index is 0.156. The molecule has 2 rings (SSSR count). The molecule has 1 aromatic carbocycles. The van der Waals surface area contributed by atoms with Crippen LogP contribution < -0.4 is 5.43 Å². The number of aromatic amines is 1. The largest absolute Gasteiger partial charge is 0.361 e. The van der Waals surface area contributed by atoms with E-state index in [2.05, 4.69) is 27.8 Å². The Kier molecular flexibility index (Phi) is 3.44. The van der Waals surface area contributed by atoms with Crippen molar-refractivity contribution in [3.05, 3.63) is 44.7 Å². The molecule has 0 atom stereocenters. The average Bonchev–Trinajstić information content (AvgIpc) is 2.29. The van der Waals surface area contributed by atoms with Crippen LogP contribution in [0.4, 0.5) is 0 Å². The molecule has 84 valence electrons. The maximum Gasteiger partial charge on any atom is 0.192 e. The van der Waals surface area contributed by atoms with E-state index in [9.17, 15) is 4.79 Å². The molecule has 2 aromatic rings. The van der Waals surface area contributed by atoms with E-state index in [1.165, 1.54) is 0 Å². The topological polar surface area (TPSA) is 32.9 Å². The number of hydrogen-bond acceptors (Lipinski definition) is 1. The van der Waals surface area contributed by atoms with Crippen molar-refractivity contribution >= 4 is 26.8 Å². The Labute approximate surface area is 103 Å². The van der Waals surface area contributed by atoms with Gasteiger partial charge in [0.05, 0.1) is 0 Å². The standard InChI is InChI=1S/C13H14BrNO/c1-2-3-4-9-8-15-12-6-5-10(14)7-11(12)13(9)16/h5-8H,2-4H2,1H3,(H,15,16). The van der Waals surface area contributed by atoms with E-state index < -0.39 is 0 Å². The highest BCUT2D eigenvalue weighted by molar-refractivity contribution is 9.10. The quantitative estimate of drug-likeness (QED) is 0.914. The maximum atomic E-state index is 12.1. The monoisotopic (exact) mass is 279 g/mol. The van der Waals surface area contributed by atoms with E-state index in [0.29, 0.717) is 0 Å². The van der Waals surface area contributed by atoms with Gasteiger partial charge in [0.1, 0.15) is 0 Å². The molecule has 0 saturated carbocycles. The van der Waals surface area contributed by atoms with Crippen LogP contribution in [0.1, 0.15) is 25.3 Å². The van der Waals surface area contributed by atoms with Crippen molar-refractivity contribution in [3.63, 3.8) is 0 Å². The van der Waals surface area contributed by atoms with Gasteiger partial charge in [0, 0.05) is 27.1 Å². The van der Waals surface area contributed by atoms with Crippen molar-refractivity contribution in [2.75, 3.05) is 0 Å². The van der Waals surface area contributed by atoms with Gasteiger partial charge >= 0.3 is 0 Å². The first-order valence-corrected chi connectivity index (χ1v) is 6.31. The molecule has 0 fully saturated rings. The van der Waals surface area contributed by atoms with Crippen LogP contribution in [-0.4, -0.2) is 4.98 Å². The fourth-order valence-electron chi connectivity index (χ4n) is 1.79. The average molecular weight is 280 g/mol. The fraction of sp³-hybridized carbons (Fsp3) is 0.308. The molecule has 0 unspecified atom stereocenters. The Bertz CT molecular complexity index is 559. The molecule has 0 amide bonds. The second-order valence-corrected chi connectivity index (χ2v) is 4.85. The Hall–Kier alpha value is -1.09. The van der Waals surface area contributed by atoms with Crippen molar-refractivity contribution in [2.45, 2.75) is 26.2 Å². The Balaban J connectivity index is 2.55. The van der Waals surface area contributed by atoms with Crippen LogP contribution in [0.5, 0.6) is 0 Å². The zero-order chi connectivity index (χ0) is 11.5. The predicted octanol–water partition coefficient (Wildman–Crippen LogP) is 3.63. The number of aryl methyl sites for hydroxylation is 1. The molecular weight excluding hydrogens is 266 g/mol. The highest BCUT2D eigenvalue weighted by atomic mass is 79.9. The summed E-state index contributed by atoms with van der Waals surface area (Å²) in [4.78, 5) is 15.3. The molecule has 1 heterocycles. The lowest BCUT2D eigenvalue weighted by molar-refractivity contribution is 0.790. The molecule has 0 aliphatic rings. The van der Waals surface area contributed by atoms with Crippen LogP contribution >= 0.6 is 15.9 Å². The second-order valence-electron chi connectivity index (χ2n) is 3.94. The molecule has 16 heavy (non-hydrogen) atoms. The van der Waals surface area contributed by atoms with Gasteiger partial charge in [-0.05, 0) is 31.0 Å². The molecule has 3 heteroatoms. The lowest BCUT2D eigenvalue weighted by Crippen LogP contribution is -2.09. The minimum absolute atomic E-state index is 0.156. The summed E-state index contributed by atoms with van der Waals surface area (Å²) < 4.78 is 0.943. The van der Waals surface area contributed by atoms with Crippen molar-refractivity contribution in [1.29, 1.82) is 0 Å². The van der Waals surface area contributed by atoms with Crippen LogP contribution in [0.15, 0.2) is 33.7 Å². The van der Waals surface area contributed by atoms with E-state index in [1.54, 1.807) is 0 Å². The number of benzene rings is 1. The number of hydrogen-bond donors (Lipinski definition) is 1. The van der Waals surface area contributed by atoms with Crippen LogP contribution in [0.3, 0.4) is 0 Å². The van der Waals surface area contributed by atoms with Crippen LogP contribution in [0, 0.1) is 0 Å². The molecule has 1 aromatic heterocycles. The van der Waals surface area contributed by atoms with Gasteiger partial charge in [0.25, 0.3) is 0 Å². The fourth-order valence-corrected chi connectivity index (χ4v) is 2.15. The lowest BCUT2D eigenvalue weighted by atomic mass is 10.1. The molecular formula is C13H14BrNO. The van der Waals surface area contributed by atoms with Gasteiger partial charge in [-0.25, -0.2) is 0 Å². The highest BCUT2D eigenvalue weighted by Gasteiger charge is 2.04. The number of unbranched alkanes of at least 4 members (excludes halogenated alkanes) is 1. The third kappa shape index (κ3) is 2.19. The van der Waals surface area contributed by atoms with Crippen molar-refractivity contribution in [3.8, 4) is 0 Å². The van der Waals surface area contributed by atoms with E-state index in [-0.39, 0.29) is 5.43 Å². The van der Waals surface area contributed by atoms with Gasteiger partial charge < -0.3 is 4.98 Å². The van der Waals surface area contributed by atoms with Gasteiger partial charge in [-0.3, -0.25) is 4.79 Å². The Morgan fingerprint density at radius 1 is 1.38 bits per heavy atom. The predicted molar refractivity (Wildman–Crippen MR) is 70.9 cm³/mol. The first-order chi connectivity index (χ1) is 7.72.